The zero-order valence-electron chi connectivity index (χ0n) is 46.8. The fourth-order valence-electron chi connectivity index (χ4n) is 8.92. The van der Waals surface area contributed by atoms with Crippen LogP contribution in [0.25, 0.3) is 0 Å². The molecule has 0 bridgehead atoms. The van der Waals surface area contributed by atoms with Gasteiger partial charge in [-0.3, -0.25) is 14.4 Å². The minimum atomic E-state index is -0.778. The molecule has 0 saturated carbocycles. The number of carbonyl (C=O) groups excluding carboxylic acids is 3. The highest BCUT2D eigenvalue weighted by Gasteiger charge is 2.19. The van der Waals surface area contributed by atoms with Crippen LogP contribution >= 0.6 is 0 Å². The van der Waals surface area contributed by atoms with E-state index in [1.165, 1.54) is 193 Å². The highest BCUT2D eigenvalue weighted by molar-refractivity contribution is 5.71. The van der Waals surface area contributed by atoms with Crippen molar-refractivity contribution in [1.82, 2.24) is 0 Å². The van der Waals surface area contributed by atoms with E-state index in [1.54, 1.807) is 0 Å². The molecule has 0 N–H and O–H groups in total. The first-order chi connectivity index (χ1) is 34.5. The van der Waals surface area contributed by atoms with Gasteiger partial charge in [-0.2, -0.15) is 0 Å². The molecule has 0 aromatic rings. The van der Waals surface area contributed by atoms with Gasteiger partial charge in [0.15, 0.2) is 6.10 Å². The summed E-state index contributed by atoms with van der Waals surface area (Å²) in [7, 11) is 0. The second-order valence-electron chi connectivity index (χ2n) is 20.6. The third-order valence-electron chi connectivity index (χ3n) is 13.6. The van der Waals surface area contributed by atoms with E-state index < -0.39 is 6.10 Å². The summed E-state index contributed by atoms with van der Waals surface area (Å²) < 4.78 is 16.9. The Hall–Kier alpha value is -2.63. The number of unbranched alkanes of at least 4 members (excludes halogenated alkanes) is 37. The van der Waals surface area contributed by atoms with Gasteiger partial charge in [-0.15, -0.1) is 0 Å². The molecule has 0 heterocycles. The quantitative estimate of drug-likeness (QED) is 0.0261. The van der Waals surface area contributed by atoms with E-state index in [0.717, 1.165) is 89.9 Å². The van der Waals surface area contributed by atoms with Crippen LogP contribution in [0.2, 0.25) is 0 Å². The van der Waals surface area contributed by atoms with Crippen molar-refractivity contribution in [3.63, 3.8) is 0 Å². The number of hydrogen-bond acceptors (Lipinski definition) is 6. The summed E-state index contributed by atoms with van der Waals surface area (Å²) in [5.74, 6) is -0.874. The lowest BCUT2D eigenvalue weighted by Gasteiger charge is -2.18. The molecule has 0 saturated heterocycles. The molecule has 70 heavy (non-hydrogen) atoms. The lowest BCUT2D eigenvalue weighted by Crippen LogP contribution is -2.30. The van der Waals surface area contributed by atoms with Gasteiger partial charge in [0.1, 0.15) is 13.2 Å². The average molecular weight is 982 g/mol. The molecular formula is C64H116O6. The number of allylic oxidation sites excluding steroid dienone is 8. The van der Waals surface area contributed by atoms with E-state index in [2.05, 4.69) is 69.4 Å². The largest absolute Gasteiger partial charge is 0.462 e. The Balaban J connectivity index is 4.25. The van der Waals surface area contributed by atoms with Gasteiger partial charge in [0.25, 0.3) is 0 Å². The fraction of sp³-hybridized carbons (Fsp3) is 0.828. The smallest absolute Gasteiger partial charge is 0.306 e. The molecule has 408 valence electrons. The van der Waals surface area contributed by atoms with Crippen molar-refractivity contribution in [2.45, 2.75) is 329 Å². The van der Waals surface area contributed by atoms with Crippen LogP contribution in [-0.4, -0.2) is 37.2 Å². The minimum Gasteiger partial charge on any atom is -0.462 e. The van der Waals surface area contributed by atoms with Crippen molar-refractivity contribution >= 4 is 17.9 Å². The topological polar surface area (TPSA) is 78.9 Å². The van der Waals surface area contributed by atoms with Crippen molar-refractivity contribution in [3.8, 4) is 0 Å². The fourth-order valence-corrected chi connectivity index (χ4v) is 8.92. The molecular weight excluding hydrogens is 865 g/mol. The maximum atomic E-state index is 12.8. The zero-order chi connectivity index (χ0) is 50.7. The Morgan fingerprint density at radius 2 is 0.514 bits per heavy atom. The molecule has 0 rings (SSSR count). The summed E-state index contributed by atoms with van der Waals surface area (Å²) in [6.07, 6.45) is 72.5. The van der Waals surface area contributed by atoms with E-state index in [9.17, 15) is 14.4 Å². The van der Waals surface area contributed by atoms with Gasteiger partial charge >= 0.3 is 17.9 Å². The van der Waals surface area contributed by atoms with Crippen LogP contribution < -0.4 is 0 Å². The Morgan fingerprint density at radius 1 is 0.286 bits per heavy atom. The highest BCUT2D eigenvalue weighted by atomic mass is 16.6. The lowest BCUT2D eigenvalue weighted by atomic mass is 10.0. The molecule has 0 aromatic heterocycles. The van der Waals surface area contributed by atoms with Crippen LogP contribution in [0.5, 0.6) is 0 Å². The first kappa shape index (κ1) is 67.4. The van der Waals surface area contributed by atoms with Gasteiger partial charge < -0.3 is 14.2 Å². The van der Waals surface area contributed by atoms with E-state index in [0.29, 0.717) is 19.3 Å². The Labute approximate surface area is 435 Å². The summed E-state index contributed by atoms with van der Waals surface area (Å²) in [4.78, 5) is 38.2. The van der Waals surface area contributed by atoms with E-state index in [-0.39, 0.29) is 31.1 Å². The molecule has 6 heteroatoms. The number of esters is 3. The van der Waals surface area contributed by atoms with Crippen LogP contribution in [0.4, 0.5) is 0 Å². The van der Waals surface area contributed by atoms with Crippen molar-refractivity contribution in [3.05, 3.63) is 48.6 Å². The summed E-state index contributed by atoms with van der Waals surface area (Å²) in [6.45, 7) is 6.62. The summed E-state index contributed by atoms with van der Waals surface area (Å²) >= 11 is 0. The van der Waals surface area contributed by atoms with Crippen molar-refractivity contribution in [2.75, 3.05) is 13.2 Å². The number of carbonyl (C=O) groups is 3. The molecule has 0 radical (unpaired) electrons. The maximum absolute atomic E-state index is 12.8. The lowest BCUT2D eigenvalue weighted by molar-refractivity contribution is -0.167. The summed E-state index contributed by atoms with van der Waals surface area (Å²) in [6, 6.07) is 0. The summed E-state index contributed by atoms with van der Waals surface area (Å²) in [5.41, 5.74) is 0. The molecule has 0 fully saturated rings. The second-order valence-corrected chi connectivity index (χ2v) is 20.6. The monoisotopic (exact) mass is 981 g/mol. The van der Waals surface area contributed by atoms with Gasteiger partial charge in [-0.25, -0.2) is 0 Å². The molecule has 6 nitrogen and oxygen atoms in total. The normalized spacial score (nSPS) is 12.3. The molecule has 0 spiro atoms. The average Bonchev–Trinajstić information content (AvgIpc) is 3.36. The van der Waals surface area contributed by atoms with Gasteiger partial charge in [0, 0.05) is 19.3 Å². The van der Waals surface area contributed by atoms with Gasteiger partial charge in [-0.05, 0) is 83.5 Å². The molecule has 1 unspecified atom stereocenters. The van der Waals surface area contributed by atoms with Crippen molar-refractivity contribution < 1.29 is 28.6 Å². The van der Waals surface area contributed by atoms with E-state index in [4.69, 9.17) is 14.2 Å². The van der Waals surface area contributed by atoms with Crippen LogP contribution in [0.3, 0.4) is 0 Å². The van der Waals surface area contributed by atoms with E-state index in [1.807, 2.05) is 0 Å². The molecule has 1 atom stereocenters. The van der Waals surface area contributed by atoms with Crippen molar-refractivity contribution in [2.24, 2.45) is 0 Å². The molecule has 0 aromatic carbocycles. The number of hydrogen-bond donors (Lipinski definition) is 0. The predicted octanol–water partition coefficient (Wildman–Crippen LogP) is 20.6. The predicted molar refractivity (Wildman–Crippen MR) is 302 cm³/mol. The maximum Gasteiger partial charge on any atom is 0.306 e. The minimum absolute atomic E-state index is 0.0755. The molecule has 0 aliphatic rings. The third kappa shape index (κ3) is 56.3. The standard InChI is InChI=1S/C64H116O6/c1-4-7-10-13-16-19-22-25-27-28-29-30-31-32-33-34-35-36-38-39-42-45-48-51-54-57-63(66)69-60-61(59-68-62(65)56-53-50-47-44-41-24-21-18-15-12-9-6-3)70-64(67)58-55-52-49-46-43-40-37-26-23-20-17-14-11-8-5-2/h17,20,22,25-26,28-29,37,61H,4-16,18-19,21,23-24,27,30-36,38-60H2,1-3H3/b20-17-,25-22-,29-28-,37-26-. The Kier molecular flexibility index (Phi) is 56.7. The second kappa shape index (κ2) is 58.9. The first-order valence-electron chi connectivity index (χ1n) is 30.6. The molecule has 0 aliphatic heterocycles. The Bertz CT molecular complexity index is 1220. The van der Waals surface area contributed by atoms with Gasteiger partial charge in [0.2, 0.25) is 0 Å². The van der Waals surface area contributed by atoms with E-state index >= 15 is 0 Å². The first-order valence-corrected chi connectivity index (χ1v) is 30.6. The van der Waals surface area contributed by atoms with Crippen LogP contribution in [0.1, 0.15) is 323 Å². The van der Waals surface area contributed by atoms with Crippen LogP contribution in [-0.2, 0) is 28.6 Å². The van der Waals surface area contributed by atoms with Crippen LogP contribution in [0, 0.1) is 0 Å². The summed E-state index contributed by atoms with van der Waals surface area (Å²) in [5, 5.41) is 0. The SMILES string of the molecule is CCCCC/C=C\C/C=C\CCCCCCCC(=O)OC(COC(=O)CCCCCCCCCCCCCC)COC(=O)CCCCCCCCCCCCCCC/C=C\C/C=C\CCCCCCC. The molecule has 0 aliphatic carbocycles. The van der Waals surface area contributed by atoms with Crippen molar-refractivity contribution in [1.29, 1.82) is 0 Å². The number of ether oxygens (including phenoxy) is 3. The van der Waals surface area contributed by atoms with Crippen LogP contribution in [0.15, 0.2) is 48.6 Å². The van der Waals surface area contributed by atoms with Gasteiger partial charge in [0.05, 0.1) is 0 Å². The molecule has 0 amide bonds. The Morgan fingerprint density at radius 3 is 0.814 bits per heavy atom. The highest BCUT2D eigenvalue weighted by Crippen LogP contribution is 2.16. The third-order valence-corrected chi connectivity index (χ3v) is 13.6. The van der Waals surface area contributed by atoms with Gasteiger partial charge in [-0.1, -0.05) is 268 Å². The number of rotatable bonds is 56. The zero-order valence-corrected chi connectivity index (χ0v) is 46.8.